The molecule has 0 aromatic heterocycles. The molecule has 1 aliphatic rings. The highest BCUT2D eigenvalue weighted by atomic mass is 16.6. The maximum absolute atomic E-state index is 12.1. The highest BCUT2D eigenvalue weighted by Crippen LogP contribution is 2.31. The fourth-order valence-electron chi connectivity index (χ4n) is 2.69. The molecular formula is C21H23NO5. The Bertz CT molecular complexity index is 802. The molecule has 3 rings (SSSR count). The smallest absolute Gasteiger partial charge is 0.351 e. The molecule has 2 aromatic carbocycles. The number of ether oxygens (including phenoxy) is 3. The summed E-state index contributed by atoms with van der Waals surface area (Å²) >= 11 is 0. The minimum atomic E-state index is -0.887. The van der Waals surface area contributed by atoms with E-state index in [4.69, 9.17) is 14.2 Å². The summed E-state index contributed by atoms with van der Waals surface area (Å²) in [6.45, 7) is 3.96. The number of hydrogen-bond acceptors (Lipinski definition) is 5. The number of anilines is 1. The molecule has 0 saturated carbocycles. The summed E-state index contributed by atoms with van der Waals surface area (Å²) in [5, 5.41) is 2.71. The van der Waals surface area contributed by atoms with E-state index >= 15 is 0 Å². The van der Waals surface area contributed by atoms with Gasteiger partial charge in [-0.3, -0.25) is 4.79 Å². The Hall–Kier alpha value is -3.02. The second kappa shape index (κ2) is 8.58. The molecule has 1 N–H and O–H groups in total. The van der Waals surface area contributed by atoms with E-state index in [9.17, 15) is 9.59 Å². The van der Waals surface area contributed by atoms with Gasteiger partial charge in [0, 0.05) is 5.69 Å². The molecule has 0 radical (unpaired) electrons. The third kappa shape index (κ3) is 4.78. The number of para-hydroxylation sites is 2. The summed E-state index contributed by atoms with van der Waals surface area (Å²) in [5.41, 5.74) is 1.88. The van der Waals surface area contributed by atoms with Gasteiger partial charge in [0.15, 0.2) is 18.1 Å². The van der Waals surface area contributed by atoms with E-state index in [1.165, 1.54) is 5.56 Å². The fourth-order valence-corrected chi connectivity index (χ4v) is 2.69. The van der Waals surface area contributed by atoms with Crippen LogP contribution in [0.4, 0.5) is 5.69 Å². The first kappa shape index (κ1) is 18.8. The van der Waals surface area contributed by atoms with Gasteiger partial charge < -0.3 is 19.5 Å². The molecule has 2 atom stereocenters. The van der Waals surface area contributed by atoms with Crippen molar-refractivity contribution >= 4 is 17.6 Å². The lowest BCUT2D eigenvalue weighted by atomic mass is 9.99. The van der Waals surface area contributed by atoms with Crippen molar-refractivity contribution in [3.05, 3.63) is 54.1 Å². The van der Waals surface area contributed by atoms with E-state index in [1.54, 1.807) is 18.2 Å². The Morgan fingerprint density at radius 1 is 1.15 bits per heavy atom. The molecule has 0 spiro atoms. The van der Waals surface area contributed by atoms with Crippen molar-refractivity contribution in [2.75, 3.05) is 18.5 Å². The quantitative estimate of drug-likeness (QED) is 0.789. The number of rotatable bonds is 6. The predicted octanol–water partition coefficient (Wildman–Crippen LogP) is 3.52. The molecule has 6 heteroatoms. The van der Waals surface area contributed by atoms with Crippen molar-refractivity contribution in [3.8, 4) is 11.5 Å². The zero-order valence-electron chi connectivity index (χ0n) is 15.4. The van der Waals surface area contributed by atoms with Crippen molar-refractivity contribution in [1.82, 2.24) is 0 Å². The standard InChI is InChI=1S/C21H23NO5/c1-3-14(2)15-8-10-16(11-9-15)22-20(23)13-26-21(24)19-12-25-17-6-4-5-7-18(17)27-19/h4-11,14,19H,3,12-13H2,1-2H3,(H,22,23)/t14-,19-/m1/s1. The summed E-state index contributed by atoms with van der Waals surface area (Å²) < 4.78 is 16.1. The Kier molecular flexibility index (Phi) is 5.96. The molecule has 27 heavy (non-hydrogen) atoms. The number of carbonyl (C=O) groups is 2. The Morgan fingerprint density at radius 2 is 1.85 bits per heavy atom. The normalized spacial score (nSPS) is 16.3. The average Bonchev–Trinajstić information content (AvgIpc) is 2.71. The topological polar surface area (TPSA) is 73.9 Å². The monoisotopic (exact) mass is 369 g/mol. The van der Waals surface area contributed by atoms with E-state index in [2.05, 4.69) is 19.2 Å². The minimum Gasteiger partial charge on any atom is -0.485 e. The van der Waals surface area contributed by atoms with Gasteiger partial charge >= 0.3 is 5.97 Å². The lowest BCUT2D eigenvalue weighted by molar-refractivity contribution is -0.156. The van der Waals surface area contributed by atoms with E-state index < -0.39 is 18.0 Å². The van der Waals surface area contributed by atoms with Crippen LogP contribution in [0.25, 0.3) is 0 Å². The van der Waals surface area contributed by atoms with E-state index in [-0.39, 0.29) is 13.2 Å². The zero-order chi connectivity index (χ0) is 19.2. The van der Waals surface area contributed by atoms with Gasteiger partial charge in [0.25, 0.3) is 5.91 Å². The summed E-state index contributed by atoms with van der Waals surface area (Å²) in [4.78, 5) is 24.1. The van der Waals surface area contributed by atoms with Crippen LogP contribution in [0.5, 0.6) is 11.5 Å². The van der Waals surface area contributed by atoms with Crippen LogP contribution in [0, 0.1) is 0 Å². The van der Waals surface area contributed by atoms with Crippen LogP contribution >= 0.6 is 0 Å². The molecule has 0 bridgehead atoms. The van der Waals surface area contributed by atoms with Crippen LogP contribution in [0.15, 0.2) is 48.5 Å². The van der Waals surface area contributed by atoms with Gasteiger partial charge in [-0.1, -0.05) is 38.1 Å². The van der Waals surface area contributed by atoms with Crippen molar-refractivity contribution in [1.29, 1.82) is 0 Å². The SMILES string of the molecule is CC[C@@H](C)c1ccc(NC(=O)COC(=O)[C@H]2COc3ccccc3O2)cc1. The first-order chi connectivity index (χ1) is 13.1. The number of hydrogen-bond donors (Lipinski definition) is 1. The minimum absolute atomic E-state index is 0.0501. The summed E-state index contributed by atoms with van der Waals surface area (Å²) in [7, 11) is 0. The number of nitrogens with one attached hydrogen (secondary N) is 1. The molecule has 142 valence electrons. The zero-order valence-corrected chi connectivity index (χ0v) is 15.4. The number of benzene rings is 2. The largest absolute Gasteiger partial charge is 0.485 e. The number of amides is 1. The first-order valence-electron chi connectivity index (χ1n) is 9.01. The van der Waals surface area contributed by atoms with Crippen LogP contribution in [-0.2, 0) is 14.3 Å². The predicted molar refractivity (Wildman–Crippen MR) is 101 cm³/mol. The molecule has 1 amide bonds. The molecule has 1 aliphatic heterocycles. The summed E-state index contributed by atoms with van der Waals surface area (Å²) in [6.07, 6.45) is 0.168. The third-order valence-corrected chi connectivity index (χ3v) is 4.49. The van der Waals surface area contributed by atoms with Crippen LogP contribution in [0.1, 0.15) is 31.7 Å². The highest BCUT2D eigenvalue weighted by molar-refractivity contribution is 5.93. The lowest BCUT2D eigenvalue weighted by Gasteiger charge is -2.24. The summed E-state index contributed by atoms with van der Waals surface area (Å²) in [6, 6.07) is 14.7. The molecule has 0 aliphatic carbocycles. The van der Waals surface area contributed by atoms with Crippen molar-refractivity contribution < 1.29 is 23.8 Å². The third-order valence-electron chi connectivity index (χ3n) is 4.49. The van der Waals surface area contributed by atoms with Gasteiger partial charge in [0.1, 0.15) is 6.61 Å². The van der Waals surface area contributed by atoms with Crippen LogP contribution < -0.4 is 14.8 Å². The van der Waals surface area contributed by atoms with Crippen molar-refractivity contribution in [2.45, 2.75) is 32.3 Å². The number of esters is 1. The van der Waals surface area contributed by atoms with Crippen LogP contribution in [-0.4, -0.2) is 31.2 Å². The van der Waals surface area contributed by atoms with Gasteiger partial charge in [-0.25, -0.2) is 4.79 Å². The van der Waals surface area contributed by atoms with Gasteiger partial charge in [-0.15, -0.1) is 0 Å². The highest BCUT2D eigenvalue weighted by Gasteiger charge is 2.29. The molecule has 2 aromatic rings. The molecule has 0 unspecified atom stereocenters. The van der Waals surface area contributed by atoms with Gasteiger partial charge in [-0.05, 0) is 42.2 Å². The van der Waals surface area contributed by atoms with Gasteiger partial charge in [0.05, 0.1) is 0 Å². The number of carbonyl (C=O) groups excluding carboxylic acids is 2. The van der Waals surface area contributed by atoms with Crippen molar-refractivity contribution in [2.24, 2.45) is 0 Å². The fraction of sp³-hybridized carbons (Fsp3) is 0.333. The maximum Gasteiger partial charge on any atom is 0.351 e. The van der Waals surface area contributed by atoms with Crippen LogP contribution in [0.2, 0.25) is 0 Å². The molecule has 1 heterocycles. The summed E-state index contributed by atoms with van der Waals surface area (Å²) in [5.74, 6) is 0.499. The van der Waals surface area contributed by atoms with Crippen molar-refractivity contribution in [3.63, 3.8) is 0 Å². The Balaban J connectivity index is 1.47. The van der Waals surface area contributed by atoms with Crippen LogP contribution in [0.3, 0.4) is 0 Å². The lowest BCUT2D eigenvalue weighted by Crippen LogP contribution is -2.39. The second-order valence-electron chi connectivity index (χ2n) is 6.45. The molecular weight excluding hydrogens is 346 g/mol. The molecule has 0 saturated heterocycles. The average molecular weight is 369 g/mol. The van der Waals surface area contributed by atoms with Gasteiger partial charge in [-0.2, -0.15) is 0 Å². The first-order valence-corrected chi connectivity index (χ1v) is 9.01. The van der Waals surface area contributed by atoms with Gasteiger partial charge in [0.2, 0.25) is 6.10 Å². The maximum atomic E-state index is 12.1. The van der Waals surface area contributed by atoms with E-state index in [0.717, 1.165) is 6.42 Å². The van der Waals surface area contributed by atoms with E-state index in [1.807, 2.05) is 30.3 Å². The Morgan fingerprint density at radius 3 is 2.56 bits per heavy atom. The molecule has 6 nitrogen and oxygen atoms in total. The Labute approximate surface area is 158 Å². The second-order valence-corrected chi connectivity index (χ2v) is 6.45. The van der Waals surface area contributed by atoms with E-state index in [0.29, 0.717) is 23.1 Å². The number of fused-ring (bicyclic) bond motifs is 1. The molecule has 0 fully saturated rings.